The van der Waals surface area contributed by atoms with Gasteiger partial charge < -0.3 is 9.84 Å². The first-order chi connectivity index (χ1) is 8.28. The number of hydrogen-bond acceptors (Lipinski definition) is 3. The standard InChI is InChI=1S/C14H15NO2/c1-17-14-8-3-11(4-9-14)2-5-12-6-7-13(16)10-15-12/h3-4,6-10,16H,2,5H2,1H3. The van der Waals surface area contributed by atoms with Crippen molar-refractivity contribution in [1.82, 2.24) is 4.98 Å². The Bertz CT molecular complexity index is 463. The number of hydrogen-bond donors (Lipinski definition) is 1. The van der Waals surface area contributed by atoms with Gasteiger partial charge in [-0.15, -0.1) is 0 Å². The number of aromatic hydroxyl groups is 1. The van der Waals surface area contributed by atoms with Crippen LogP contribution in [0.3, 0.4) is 0 Å². The first-order valence-electron chi connectivity index (χ1n) is 5.55. The molecule has 0 radical (unpaired) electrons. The van der Waals surface area contributed by atoms with E-state index in [1.165, 1.54) is 11.8 Å². The fourth-order valence-electron chi connectivity index (χ4n) is 1.63. The number of methoxy groups -OCH3 is 1. The summed E-state index contributed by atoms with van der Waals surface area (Å²) in [4.78, 5) is 4.15. The molecular formula is C14H15NO2. The summed E-state index contributed by atoms with van der Waals surface area (Å²) in [6.45, 7) is 0. The highest BCUT2D eigenvalue weighted by atomic mass is 16.5. The molecule has 0 unspecified atom stereocenters. The zero-order valence-corrected chi connectivity index (χ0v) is 9.76. The predicted molar refractivity (Wildman–Crippen MR) is 66.3 cm³/mol. The molecule has 17 heavy (non-hydrogen) atoms. The van der Waals surface area contributed by atoms with Gasteiger partial charge in [-0.25, -0.2) is 0 Å². The molecule has 0 bridgehead atoms. The van der Waals surface area contributed by atoms with Crippen LogP contribution in [0.15, 0.2) is 42.6 Å². The molecule has 0 amide bonds. The van der Waals surface area contributed by atoms with Gasteiger partial charge in [-0.2, -0.15) is 0 Å². The average molecular weight is 229 g/mol. The number of rotatable bonds is 4. The topological polar surface area (TPSA) is 42.4 Å². The Morgan fingerprint density at radius 2 is 1.82 bits per heavy atom. The van der Waals surface area contributed by atoms with Crippen molar-refractivity contribution in [3.8, 4) is 11.5 Å². The van der Waals surface area contributed by atoms with Crippen LogP contribution in [0.1, 0.15) is 11.3 Å². The van der Waals surface area contributed by atoms with E-state index in [4.69, 9.17) is 9.84 Å². The van der Waals surface area contributed by atoms with Crippen molar-refractivity contribution < 1.29 is 9.84 Å². The number of benzene rings is 1. The van der Waals surface area contributed by atoms with Gasteiger partial charge in [0.15, 0.2) is 0 Å². The van der Waals surface area contributed by atoms with Gasteiger partial charge >= 0.3 is 0 Å². The van der Waals surface area contributed by atoms with Gasteiger partial charge in [0.2, 0.25) is 0 Å². The smallest absolute Gasteiger partial charge is 0.133 e. The highest BCUT2D eigenvalue weighted by molar-refractivity contribution is 5.28. The molecular weight excluding hydrogens is 214 g/mol. The van der Waals surface area contributed by atoms with Gasteiger partial charge in [-0.05, 0) is 42.7 Å². The normalized spacial score (nSPS) is 10.2. The first-order valence-corrected chi connectivity index (χ1v) is 5.55. The molecule has 0 saturated carbocycles. The van der Waals surface area contributed by atoms with Gasteiger partial charge in [0.05, 0.1) is 13.3 Å². The van der Waals surface area contributed by atoms with Crippen molar-refractivity contribution in [3.05, 3.63) is 53.9 Å². The summed E-state index contributed by atoms with van der Waals surface area (Å²) in [5.74, 6) is 1.08. The van der Waals surface area contributed by atoms with Crippen LogP contribution < -0.4 is 4.74 Å². The monoisotopic (exact) mass is 229 g/mol. The Balaban J connectivity index is 1.95. The zero-order chi connectivity index (χ0) is 12.1. The molecule has 0 aliphatic rings. The van der Waals surface area contributed by atoms with Crippen molar-refractivity contribution in [2.45, 2.75) is 12.8 Å². The summed E-state index contributed by atoms with van der Waals surface area (Å²) >= 11 is 0. The Hall–Kier alpha value is -2.03. The van der Waals surface area contributed by atoms with E-state index in [1.807, 2.05) is 18.2 Å². The lowest BCUT2D eigenvalue weighted by molar-refractivity contribution is 0.414. The second kappa shape index (κ2) is 5.34. The van der Waals surface area contributed by atoms with Crippen LogP contribution in [0, 0.1) is 0 Å². The zero-order valence-electron chi connectivity index (χ0n) is 9.76. The van der Waals surface area contributed by atoms with Crippen LogP contribution in [0.5, 0.6) is 11.5 Å². The maximum Gasteiger partial charge on any atom is 0.133 e. The van der Waals surface area contributed by atoms with Crippen LogP contribution in [0.2, 0.25) is 0 Å². The molecule has 88 valence electrons. The van der Waals surface area contributed by atoms with E-state index in [9.17, 15) is 0 Å². The lowest BCUT2D eigenvalue weighted by Gasteiger charge is -2.03. The Morgan fingerprint density at radius 1 is 1.06 bits per heavy atom. The van der Waals surface area contributed by atoms with Crippen molar-refractivity contribution in [2.24, 2.45) is 0 Å². The van der Waals surface area contributed by atoms with Crippen molar-refractivity contribution >= 4 is 0 Å². The highest BCUT2D eigenvalue weighted by Gasteiger charge is 1.98. The van der Waals surface area contributed by atoms with Gasteiger partial charge in [0.25, 0.3) is 0 Å². The van der Waals surface area contributed by atoms with Crippen molar-refractivity contribution in [1.29, 1.82) is 0 Å². The second-order valence-electron chi connectivity index (χ2n) is 3.86. The van der Waals surface area contributed by atoms with E-state index in [1.54, 1.807) is 13.2 Å². The SMILES string of the molecule is COc1ccc(CCc2ccc(O)cn2)cc1. The minimum Gasteiger partial charge on any atom is -0.506 e. The van der Waals surface area contributed by atoms with Crippen LogP contribution in [0.25, 0.3) is 0 Å². The minimum atomic E-state index is 0.207. The molecule has 1 aromatic heterocycles. The minimum absolute atomic E-state index is 0.207. The van der Waals surface area contributed by atoms with Crippen molar-refractivity contribution in [2.75, 3.05) is 7.11 Å². The number of pyridine rings is 1. The van der Waals surface area contributed by atoms with Crippen molar-refractivity contribution in [3.63, 3.8) is 0 Å². The lowest BCUT2D eigenvalue weighted by atomic mass is 10.1. The van der Waals surface area contributed by atoms with Gasteiger partial charge in [-0.3, -0.25) is 4.98 Å². The van der Waals surface area contributed by atoms with Crippen LogP contribution >= 0.6 is 0 Å². The van der Waals surface area contributed by atoms with Crippen LogP contribution in [-0.4, -0.2) is 17.2 Å². The predicted octanol–water partition coefficient (Wildman–Crippen LogP) is 2.58. The third-order valence-electron chi connectivity index (χ3n) is 2.64. The molecule has 0 atom stereocenters. The Morgan fingerprint density at radius 3 is 2.41 bits per heavy atom. The number of aromatic nitrogens is 1. The second-order valence-corrected chi connectivity index (χ2v) is 3.86. The molecule has 1 heterocycles. The summed E-state index contributed by atoms with van der Waals surface area (Å²) < 4.78 is 5.10. The van der Waals surface area contributed by atoms with E-state index in [0.717, 1.165) is 24.3 Å². The summed E-state index contributed by atoms with van der Waals surface area (Å²) in [5, 5.41) is 9.12. The summed E-state index contributed by atoms with van der Waals surface area (Å²) in [7, 11) is 1.66. The quantitative estimate of drug-likeness (QED) is 0.876. The van der Waals surface area contributed by atoms with E-state index in [-0.39, 0.29) is 5.75 Å². The van der Waals surface area contributed by atoms with Gasteiger partial charge in [0, 0.05) is 5.69 Å². The molecule has 3 heteroatoms. The maximum absolute atomic E-state index is 9.12. The molecule has 1 N–H and O–H groups in total. The molecule has 1 aromatic carbocycles. The molecule has 0 fully saturated rings. The number of ether oxygens (including phenoxy) is 1. The molecule has 0 saturated heterocycles. The molecule has 0 aliphatic heterocycles. The van der Waals surface area contributed by atoms with Gasteiger partial charge in [-0.1, -0.05) is 12.1 Å². The van der Waals surface area contributed by atoms with E-state index in [0.29, 0.717) is 0 Å². The van der Waals surface area contributed by atoms with E-state index < -0.39 is 0 Å². The van der Waals surface area contributed by atoms with E-state index >= 15 is 0 Å². The molecule has 3 nitrogen and oxygen atoms in total. The fraction of sp³-hybridized carbons (Fsp3) is 0.214. The Labute approximate surface area is 101 Å². The lowest BCUT2D eigenvalue weighted by Crippen LogP contribution is -1.94. The molecule has 0 spiro atoms. The Kier molecular flexibility index (Phi) is 3.60. The van der Waals surface area contributed by atoms with Gasteiger partial charge in [0.1, 0.15) is 11.5 Å². The summed E-state index contributed by atoms with van der Waals surface area (Å²) in [6.07, 6.45) is 3.28. The largest absolute Gasteiger partial charge is 0.506 e. The summed E-state index contributed by atoms with van der Waals surface area (Å²) in [6, 6.07) is 11.5. The fourth-order valence-corrected chi connectivity index (χ4v) is 1.63. The molecule has 0 aliphatic carbocycles. The number of nitrogens with zero attached hydrogens (tertiary/aromatic N) is 1. The maximum atomic E-state index is 9.12. The highest BCUT2D eigenvalue weighted by Crippen LogP contribution is 2.13. The average Bonchev–Trinajstić information content (AvgIpc) is 2.39. The number of aryl methyl sites for hydroxylation is 2. The molecule has 2 aromatic rings. The van der Waals surface area contributed by atoms with E-state index in [2.05, 4.69) is 17.1 Å². The third kappa shape index (κ3) is 3.21. The van der Waals surface area contributed by atoms with Crippen LogP contribution in [0.4, 0.5) is 0 Å². The summed E-state index contributed by atoms with van der Waals surface area (Å²) in [5.41, 5.74) is 2.24. The third-order valence-corrected chi connectivity index (χ3v) is 2.64. The van der Waals surface area contributed by atoms with Crippen LogP contribution in [-0.2, 0) is 12.8 Å². The molecule has 2 rings (SSSR count). The first kappa shape index (κ1) is 11.5.